The normalized spacial score (nSPS) is 12.2. The number of hydrogen-bond acceptors (Lipinski definition) is 5. The van der Waals surface area contributed by atoms with E-state index in [9.17, 15) is 31.9 Å². The second-order valence-electron chi connectivity index (χ2n) is 10.3. The Kier molecular flexibility index (Phi) is 10.2. The Balaban J connectivity index is 1.90. The number of hydrogen-bond donors (Lipinski definition) is 2. The number of aliphatic carboxylic acids is 1. The van der Waals surface area contributed by atoms with E-state index in [4.69, 9.17) is 9.84 Å². The predicted octanol–water partition coefficient (Wildman–Crippen LogP) is 5.54. The van der Waals surface area contributed by atoms with Crippen molar-refractivity contribution < 1.29 is 36.6 Å². The number of rotatable bonds is 12. The molecule has 13 heteroatoms. The molecule has 0 radical (unpaired) electrons. The fraction of sp³-hybridized carbons (Fsp3) is 0.281. The van der Waals surface area contributed by atoms with Crippen LogP contribution in [0.4, 0.5) is 22.0 Å². The van der Waals surface area contributed by atoms with Gasteiger partial charge in [-0.3, -0.25) is 18.7 Å². The van der Waals surface area contributed by atoms with Crippen LogP contribution in [0.3, 0.4) is 0 Å². The molecule has 0 unspecified atom stereocenters. The first-order chi connectivity index (χ1) is 21.3. The number of ether oxygens (including phenoxy) is 1. The number of aromatic nitrogens is 2. The molecule has 238 valence electrons. The van der Waals surface area contributed by atoms with Crippen LogP contribution in [0.5, 0.6) is 5.75 Å². The van der Waals surface area contributed by atoms with Crippen molar-refractivity contribution in [2.45, 2.75) is 45.1 Å². The molecule has 0 bridgehead atoms. The maximum Gasteiger partial charge on any atom is 0.416 e. The molecule has 0 aliphatic rings. The summed E-state index contributed by atoms with van der Waals surface area (Å²) in [7, 11) is 1.24. The van der Waals surface area contributed by atoms with Crippen molar-refractivity contribution in [3.05, 3.63) is 122 Å². The molecule has 45 heavy (non-hydrogen) atoms. The van der Waals surface area contributed by atoms with Gasteiger partial charge in [-0.05, 0) is 43.7 Å². The number of methoxy groups -OCH3 is 1. The van der Waals surface area contributed by atoms with E-state index in [1.165, 1.54) is 32.2 Å². The van der Waals surface area contributed by atoms with Gasteiger partial charge in [0, 0.05) is 23.2 Å². The van der Waals surface area contributed by atoms with Gasteiger partial charge in [-0.2, -0.15) is 13.2 Å². The Morgan fingerprint density at radius 3 is 2.33 bits per heavy atom. The second kappa shape index (κ2) is 13.9. The van der Waals surface area contributed by atoms with Crippen LogP contribution in [-0.4, -0.2) is 33.9 Å². The van der Waals surface area contributed by atoms with Gasteiger partial charge >= 0.3 is 17.8 Å². The average Bonchev–Trinajstić information content (AvgIpc) is 2.99. The van der Waals surface area contributed by atoms with Crippen molar-refractivity contribution in [2.75, 3.05) is 13.7 Å². The number of carboxylic acid groups (broad SMARTS) is 1. The zero-order valence-corrected chi connectivity index (χ0v) is 24.3. The number of carboxylic acids is 1. The van der Waals surface area contributed by atoms with E-state index in [-0.39, 0.29) is 54.1 Å². The summed E-state index contributed by atoms with van der Waals surface area (Å²) in [5.74, 6) is -3.27. The molecular weight excluding hydrogens is 601 g/mol. The van der Waals surface area contributed by atoms with Gasteiger partial charge in [0.25, 0.3) is 5.56 Å². The molecule has 8 nitrogen and oxygen atoms in total. The van der Waals surface area contributed by atoms with Crippen molar-refractivity contribution >= 4 is 5.97 Å². The lowest BCUT2D eigenvalue weighted by Gasteiger charge is -2.23. The average molecular weight is 632 g/mol. The van der Waals surface area contributed by atoms with Crippen LogP contribution in [0.25, 0.3) is 11.1 Å². The molecule has 0 aliphatic carbocycles. The first-order valence-corrected chi connectivity index (χ1v) is 13.9. The Morgan fingerprint density at radius 1 is 1.00 bits per heavy atom. The summed E-state index contributed by atoms with van der Waals surface area (Å²) in [5.41, 5.74) is -3.04. The van der Waals surface area contributed by atoms with Crippen LogP contribution in [0.15, 0.2) is 76.3 Å². The van der Waals surface area contributed by atoms with Gasteiger partial charge in [0.1, 0.15) is 5.82 Å². The Hall–Kier alpha value is -4.78. The Bertz CT molecular complexity index is 1800. The first kappa shape index (κ1) is 33.1. The maximum atomic E-state index is 15.5. The number of carbonyl (C=O) groups is 1. The zero-order valence-electron chi connectivity index (χ0n) is 24.3. The van der Waals surface area contributed by atoms with Crippen LogP contribution in [0, 0.1) is 18.6 Å². The third-order valence-corrected chi connectivity index (χ3v) is 7.37. The molecular formula is C32H30F5N3O5. The van der Waals surface area contributed by atoms with Gasteiger partial charge in [-0.1, -0.05) is 48.5 Å². The van der Waals surface area contributed by atoms with Crippen LogP contribution in [0.2, 0.25) is 0 Å². The highest BCUT2D eigenvalue weighted by Crippen LogP contribution is 2.31. The summed E-state index contributed by atoms with van der Waals surface area (Å²) in [4.78, 5) is 39.0. The van der Waals surface area contributed by atoms with Gasteiger partial charge in [0.2, 0.25) is 0 Å². The standard InChI is InChI=1S/C32H30F5N3O5/c1-19-28(23-10-6-11-26(45-2)29(23)34)30(43)40(18-25(20-8-4-3-5-9-20)38-15-7-12-27(41)42)31(44)39(19)17-21-13-14-22(16-24(21)33)32(35,36)37/h3-6,8-11,13-14,16,25,38H,7,12,15,17-18H2,1-2H3,(H,41,42)/t25-/m0/s1. The van der Waals surface area contributed by atoms with Crippen molar-refractivity contribution in [3.8, 4) is 16.9 Å². The van der Waals surface area contributed by atoms with Gasteiger partial charge < -0.3 is 15.2 Å². The second-order valence-corrected chi connectivity index (χ2v) is 10.3. The van der Waals surface area contributed by atoms with Crippen molar-refractivity contribution in [1.29, 1.82) is 0 Å². The van der Waals surface area contributed by atoms with Gasteiger partial charge in [0.15, 0.2) is 11.6 Å². The fourth-order valence-corrected chi connectivity index (χ4v) is 5.01. The molecule has 0 spiro atoms. The van der Waals surface area contributed by atoms with Gasteiger partial charge in [0.05, 0.1) is 37.4 Å². The highest BCUT2D eigenvalue weighted by Gasteiger charge is 2.31. The van der Waals surface area contributed by atoms with Gasteiger partial charge in [-0.15, -0.1) is 0 Å². The van der Waals surface area contributed by atoms with Crippen LogP contribution < -0.4 is 21.3 Å². The van der Waals surface area contributed by atoms with Crippen molar-refractivity contribution in [1.82, 2.24) is 14.5 Å². The quantitative estimate of drug-likeness (QED) is 0.157. The largest absolute Gasteiger partial charge is 0.494 e. The highest BCUT2D eigenvalue weighted by molar-refractivity contribution is 5.67. The lowest BCUT2D eigenvalue weighted by molar-refractivity contribution is -0.138. The summed E-state index contributed by atoms with van der Waals surface area (Å²) in [6, 6.07) is 14.1. The minimum Gasteiger partial charge on any atom is -0.494 e. The highest BCUT2D eigenvalue weighted by atomic mass is 19.4. The van der Waals surface area contributed by atoms with E-state index in [2.05, 4.69) is 5.32 Å². The predicted molar refractivity (Wildman–Crippen MR) is 156 cm³/mol. The number of benzene rings is 3. The molecule has 2 N–H and O–H groups in total. The van der Waals surface area contributed by atoms with E-state index in [1.54, 1.807) is 30.3 Å². The molecule has 0 saturated heterocycles. The summed E-state index contributed by atoms with van der Waals surface area (Å²) >= 11 is 0. The Morgan fingerprint density at radius 2 is 1.71 bits per heavy atom. The third-order valence-electron chi connectivity index (χ3n) is 7.37. The fourth-order valence-electron chi connectivity index (χ4n) is 5.01. The molecule has 1 aromatic heterocycles. The van der Waals surface area contributed by atoms with E-state index >= 15 is 4.39 Å². The lowest BCUT2D eigenvalue weighted by Crippen LogP contribution is -2.45. The van der Waals surface area contributed by atoms with Gasteiger partial charge in [-0.25, -0.2) is 13.6 Å². The molecule has 0 saturated carbocycles. The molecule has 0 amide bonds. The summed E-state index contributed by atoms with van der Waals surface area (Å²) in [6.07, 6.45) is -4.66. The van der Waals surface area contributed by atoms with Crippen LogP contribution in [-0.2, 0) is 24.1 Å². The summed E-state index contributed by atoms with van der Waals surface area (Å²) in [6.45, 7) is 0.732. The zero-order chi connectivity index (χ0) is 32.9. The number of nitrogens with zero attached hydrogens (tertiary/aromatic N) is 2. The first-order valence-electron chi connectivity index (χ1n) is 13.9. The van der Waals surface area contributed by atoms with E-state index in [0.717, 1.165) is 15.2 Å². The summed E-state index contributed by atoms with van der Waals surface area (Å²) in [5, 5.41) is 12.2. The topological polar surface area (TPSA) is 103 Å². The van der Waals surface area contributed by atoms with Crippen LogP contribution >= 0.6 is 0 Å². The molecule has 0 fully saturated rings. The molecule has 4 rings (SSSR count). The number of nitrogens with one attached hydrogen (secondary N) is 1. The minimum absolute atomic E-state index is 0.0432. The molecule has 3 aromatic carbocycles. The van der Waals surface area contributed by atoms with Crippen molar-refractivity contribution in [2.24, 2.45) is 0 Å². The number of halogens is 5. The van der Waals surface area contributed by atoms with E-state index < -0.39 is 53.2 Å². The lowest BCUT2D eigenvalue weighted by atomic mass is 10.0. The molecule has 0 aliphatic heterocycles. The van der Waals surface area contributed by atoms with E-state index in [0.29, 0.717) is 17.7 Å². The Labute approximate surface area is 254 Å². The van der Waals surface area contributed by atoms with Crippen LogP contribution in [0.1, 0.15) is 41.3 Å². The van der Waals surface area contributed by atoms with Crippen molar-refractivity contribution in [3.63, 3.8) is 0 Å². The smallest absolute Gasteiger partial charge is 0.416 e. The minimum atomic E-state index is -4.79. The SMILES string of the molecule is COc1cccc(-c2c(C)n(Cc3ccc(C(F)(F)F)cc3F)c(=O)n(C[C@H](NCCCC(=O)O)c3ccccc3)c2=O)c1F. The third kappa shape index (κ3) is 7.48. The monoisotopic (exact) mass is 631 g/mol. The molecule has 4 aromatic rings. The molecule has 1 heterocycles. The maximum absolute atomic E-state index is 15.5. The van der Waals surface area contributed by atoms with E-state index in [1.807, 2.05) is 0 Å². The summed E-state index contributed by atoms with van der Waals surface area (Å²) < 4.78 is 76.9. The molecule has 1 atom stereocenters. The number of alkyl halides is 3.